The molecule has 0 amide bonds. The molecule has 0 fully saturated rings. The summed E-state index contributed by atoms with van der Waals surface area (Å²) < 4.78 is 20.0. The molecule has 0 spiro atoms. The van der Waals surface area contributed by atoms with E-state index in [-0.39, 0.29) is 16.9 Å². The van der Waals surface area contributed by atoms with Crippen molar-refractivity contribution < 1.29 is 13.9 Å². The number of hydrogen-bond donors (Lipinski definition) is 0. The Morgan fingerprint density at radius 2 is 1.93 bits per heavy atom. The van der Waals surface area contributed by atoms with Gasteiger partial charge >= 0.3 is 5.97 Å². The van der Waals surface area contributed by atoms with E-state index in [9.17, 15) is 14.0 Å². The van der Waals surface area contributed by atoms with Gasteiger partial charge in [-0.3, -0.25) is 9.36 Å². The predicted molar refractivity (Wildman–Crippen MR) is 114 cm³/mol. The van der Waals surface area contributed by atoms with E-state index in [1.165, 1.54) is 35.1 Å². The van der Waals surface area contributed by atoms with Crippen LogP contribution in [0.2, 0.25) is 5.02 Å². The van der Waals surface area contributed by atoms with Crippen LogP contribution >= 0.6 is 22.9 Å². The molecule has 0 bridgehead atoms. The van der Waals surface area contributed by atoms with Crippen molar-refractivity contribution in [2.24, 2.45) is 4.99 Å². The molecule has 1 aromatic heterocycles. The van der Waals surface area contributed by atoms with Crippen molar-refractivity contribution in [3.05, 3.63) is 101 Å². The van der Waals surface area contributed by atoms with Crippen molar-refractivity contribution >= 4 is 35.0 Å². The van der Waals surface area contributed by atoms with Gasteiger partial charge in [0, 0.05) is 5.02 Å². The van der Waals surface area contributed by atoms with Gasteiger partial charge in [0.05, 0.1) is 22.9 Å². The lowest BCUT2D eigenvalue weighted by atomic mass is 9.96. The molecule has 8 heteroatoms. The molecule has 0 saturated heterocycles. The van der Waals surface area contributed by atoms with Crippen LogP contribution in [0.25, 0.3) is 6.08 Å². The number of methoxy groups -OCH3 is 1. The number of carbonyl (C=O) groups is 1. The fourth-order valence-corrected chi connectivity index (χ4v) is 4.68. The number of rotatable bonds is 3. The summed E-state index contributed by atoms with van der Waals surface area (Å²) in [5.41, 5.74) is 1.68. The largest absolute Gasteiger partial charge is 0.466 e. The van der Waals surface area contributed by atoms with Crippen LogP contribution in [0, 0.1) is 5.82 Å². The first-order valence-electron chi connectivity index (χ1n) is 9.01. The van der Waals surface area contributed by atoms with E-state index in [4.69, 9.17) is 16.3 Å². The van der Waals surface area contributed by atoms with E-state index in [0.29, 0.717) is 31.2 Å². The molecule has 2 heterocycles. The van der Waals surface area contributed by atoms with Crippen LogP contribution in [-0.2, 0) is 9.53 Å². The Balaban J connectivity index is 2.00. The third kappa shape index (κ3) is 3.51. The van der Waals surface area contributed by atoms with Crippen molar-refractivity contribution in [1.29, 1.82) is 0 Å². The predicted octanol–water partition coefficient (Wildman–Crippen LogP) is 3.20. The molecule has 1 aliphatic heterocycles. The average Bonchev–Trinajstić information content (AvgIpc) is 3.03. The Morgan fingerprint density at radius 1 is 1.23 bits per heavy atom. The van der Waals surface area contributed by atoms with Crippen LogP contribution in [0.1, 0.15) is 24.1 Å². The van der Waals surface area contributed by atoms with Crippen LogP contribution in [-0.4, -0.2) is 17.6 Å². The van der Waals surface area contributed by atoms with Gasteiger partial charge in [0.1, 0.15) is 11.9 Å². The Kier molecular flexibility index (Phi) is 5.40. The van der Waals surface area contributed by atoms with E-state index < -0.39 is 12.0 Å². The maximum Gasteiger partial charge on any atom is 0.338 e. The minimum absolute atomic E-state index is 0.256. The number of hydrogen-bond acceptors (Lipinski definition) is 5. The van der Waals surface area contributed by atoms with E-state index in [0.717, 1.165) is 0 Å². The first kappa shape index (κ1) is 20.3. The monoisotopic (exact) mass is 442 g/mol. The second kappa shape index (κ2) is 8.01. The van der Waals surface area contributed by atoms with Crippen LogP contribution in [0.15, 0.2) is 69.6 Å². The van der Waals surface area contributed by atoms with Crippen LogP contribution < -0.4 is 14.9 Å². The number of benzene rings is 2. The summed E-state index contributed by atoms with van der Waals surface area (Å²) in [5.74, 6) is -0.931. The Hall–Kier alpha value is -3.03. The smallest absolute Gasteiger partial charge is 0.338 e. The molecule has 3 aromatic rings. The van der Waals surface area contributed by atoms with Gasteiger partial charge in [0.25, 0.3) is 5.56 Å². The fourth-order valence-electron chi connectivity index (χ4n) is 3.39. The minimum atomic E-state index is -0.766. The van der Waals surface area contributed by atoms with E-state index in [2.05, 4.69) is 4.99 Å². The van der Waals surface area contributed by atoms with E-state index in [1.807, 2.05) is 0 Å². The summed E-state index contributed by atoms with van der Waals surface area (Å²) in [6, 6.07) is 12.1. The number of thiazole rings is 1. The molecule has 4 rings (SSSR count). The van der Waals surface area contributed by atoms with Crippen molar-refractivity contribution in [2.45, 2.75) is 13.0 Å². The number of esters is 1. The number of aromatic nitrogens is 1. The molecule has 30 heavy (non-hydrogen) atoms. The van der Waals surface area contributed by atoms with Crippen LogP contribution in [0.5, 0.6) is 0 Å². The SMILES string of the molecule is COC(=O)C1=C(C)N=c2s/c(=C/c3ccc(F)cc3)c(=O)n2C1c1ccccc1Cl. The van der Waals surface area contributed by atoms with Gasteiger partial charge in [-0.05, 0) is 42.3 Å². The summed E-state index contributed by atoms with van der Waals surface area (Å²) in [6.45, 7) is 1.70. The third-order valence-corrected chi connectivity index (χ3v) is 6.12. The van der Waals surface area contributed by atoms with Crippen molar-refractivity contribution in [2.75, 3.05) is 7.11 Å². The van der Waals surface area contributed by atoms with Crippen LogP contribution in [0.4, 0.5) is 4.39 Å². The first-order valence-corrected chi connectivity index (χ1v) is 10.2. The van der Waals surface area contributed by atoms with Gasteiger partial charge in [0.15, 0.2) is 4.80 Å². The highest BCUT2D eigenvalue weighted by Crippen LogP contribution is 2.34. The Labute approximate surface area is 180 Å². The van der Waals surface area contributed by atoms with Crippen molar-refractivity contribution in [3.8, 4) is 0 Å². The maximum absolute atomic E-state index is 13.3. The molecular weight excluding hydrogens is 427 g/mol. The van der Waals surface area contributed by atoms with Gasteiger partial charge in [-0.25, -0.2) is 14.2 Å². The highest BCUT2D eigenvalue weighted by Gasteiger charge is 2.34. The lowest BCUT2D eigenvalue weighted by molar-refractivity contribution is -0.136. The molecule has 1 atom stereocenters. The molecule has 0 radical (unpaired) electrons. The summed E-state index contributed by atoms with van der Waals surface area (Å²) in [7, 11) is 1.28. The number of carbonyl (C=O) groups excluding carboxylic acids is 1. The zero-order valence-corrected chi connectivity index (χ0v) is 17.6. The number of allylic oxidation sites excluding steroid dienone is 1. The highest BCUT2D eigenvalue weighted by atomic mass is 35.5. The molecule has 2 aromatic carbocycles. The lowest BCUT2D eigenvalue weighted by Gasteiger charge is -2.25. The second-order valence-corrected chi connectivity index (χ2v) is 8.06. The Bertz CT molecular complexity index is 1360. The van der Waals surface area contributed by atoms with Gasteiger partial charge in [-0.1, -0.05) is 53.3 Å². The van der Waals surface area contributed by atoms with E-state index >= 15 is 0 Å². The average molecular weight is 443 g/mol. The highest BCUT2D eigenvalue weighted by molar-refractivity contribution is 7.07. The topological polar surface area (TPSA) is 60.7 Å². The summed E-state index contributed by atoms with van der Waals surface area (Å²) in [5, 5.41) is 0.423. The van der Waals surface area contributed by atoms with Gasteiger partial charge in [-0.15, -0.1) is 0 Å². The fraction of sp³-hybridized carbons (Fsp3) is 0.136. The maximum atomic E-state index is 13.3. The quantitative estimate of drug-likeness (QED) is 0.585. The first-order chi connectivity index (χ1) is 14.4. The summed E-state index contributed by atoms with van der Waals surface area (Å²) in [4.78, 5) is 30.8. The van der Waals surface area contributed by atoms with Crippen molar-refractivity contribution in [3.63, 3.8) is 0 Å². The molecule has 1 unspecified atom stereocenters. The zero-order valence-electron chi connectivity index (χ0n) is 16.1. The molecule has 152 valence electrons. The molecule has 0 N–H and O–H groups in total. The molecule has 0 saturated carbocycles. The number of fused-ring (bicyclic) bond motifs is 1. The molecule has 5 nitrogen and oxygen atoms in total. The molecule has 0 aliphatic carbocycles. The number of halogens is 2. The summed E-state index contributed by atoms with van der Waals surface area (Å²) in [6.07, 6.45) is 1.67. The van der Waals surface area contributed by atoms with Crippen LogP contribution in [0.3, 0.4) is 0 Å². The lowest BCUT2D eigenvalue weighted by Crippen LogP contribution is -2.39. The van der Waals surface area contributed by atoms with Crippen molar-refractivity contribution in [1.82, 2.24) is 4.57 Å². The zero-order chi connectivity index (χ0) is 21.4. The number of nitrogens with zero attached hydrogens (tertiary/aromatic N) is 2. The second-order valence-electron chi connectivity index (χ2n) is 6.65. The Morgan fingerprint density at radius 3 is 2.60 bits per heavy atom. The molecular formula is C22H16ClFN2O3S. The van der Waals surface area contributed by atoms with Gasteiger partial charge in [0.2, 0.25) is 0 Å². The third-order valence-electron chi connectivity index (χ3n) is 4.79. The molecule has 1 aliphatic rings. The van der Waals surface area contributed by atoms with Gasteiger partial charge in [-0.2, -0.15) is 0 Å². The van der Waals surface area contributed by atoms with Gasteiger partial charge < -0.3 is 4.74 Å². The normalized spacial score (nSPS) is 16.3. The number of ether oxygens (including phenoxy) is 1. The standard InChI is InChI=1S/C22H16ClFN2O3S/c1-12-18(21(28)29-2)19(15-5-3-4-6-16(15)23)26-20(27)17(30-22(26)25-12)11-13-7-9-14(24)10-8-13/h3-11,19H,1-2H3/b17-11+. The minimum Gasteiger partial charge on any atom is -0.466 e. The van der Waals surface area contributed by atoms with E-state index in [1.54, 1.807) is 49.4 Å². The summed E-state index contributed by atoms with van der Waals surface area (Å²) >= 11 is 7.62.